The van der Waals surface area contributed by atoms with Gasteiger partial charge < -0.3 is 20.9 Å². The summed E-state index contributed by atoms with van der Waals surface area (Å²) in [5, 5.41) is 3.49. The Hall–Kier alpha value is -1.89. The molecule has 3 rings (SSSR count). The molecule has 0 spiro atoms. The van der Waals surface area contributed by atoms with E-state index in [0.717, 1.165) is 30.8 Å². The Kier molecular flexibility index (Phi) is 2.98. The highest BCUT2D eigenvalue weighted by atomic mass is 15.2. The Morgan fingerprint density at radius 2 is 2.32 bits per heavy atom. The van der Waals surface area contributed by atoms with Gasteiger partial charge in [0.1, 0.15) is 5.52 Å². The third-order valence-electron chi connectivity index (χ3n) is 3.73. The van der Waals surface area contributed by atoms with Gasteiger partial charge in [-0.2, -0.15) is 9.97 Å². The van der Waals surface area contributed by atoms with Crippen molar-refractivity contribution in [1.82, 2.24) is 24.8 Å². The lowest BCUT2D eigenvalue weighted by Gasteiger charge is -2.35. The van der Waals surface area contributed by atoms with Crippen molar-refractivity contribution in [2.75, 3.05) is 31.2 Å². The third-order valence-corrected chi connectivity index (χ3v) is 3.73. The summed E-state index contributed by atoms with van der Waals surface area (Å²) in [7, 11) is 2.16. The minimum atomic E-state index is 0.252. The summed E-state index contributed by atoms with van der Waals surface area (Å²) < 4.78 is 0. The van der Waals surface area contributed by atoms with Crippen LogP contribution < -0.4 is 11.1 Å². The number of nitrogens with zero attached hydrogens (tertiary/aromatic N) is 4. The summed E-state index contributed by atoms with van der Waals surface area (Å²) >= 11 is 0. The molecular weight excluding hydrogens is 242 g/mol. The van der Waals surface area contributed by atoms with Crippen molar-refractivity contribution < 1.29 is 0 Å². The molecule has 7 nitrogen and oxygen atoms in total. The van der Waals surface area contributed by atoms with Gasteiger partial charge in [-0.05, 0) is 25.9 Å². The van der Waals surface area contributed by atoms with Crippen molar-refractivity contribution >= 4 is 22.9 Å². The maximum atomic E-state index is 5.72. The smallest absolute Gasteiger partial charge is 0.224 e. The first-order valence-electron chi connectivity index (χ1n) is 6.55. The molecule has 2 atom stereocenters. The van der Waals surface area contributed by atoms with Crippen LogP contribution in [0.3, 0.4) is 0 Å². The van der Waals surface area contributed by atoms with Crippen LogP contribution in [0.15, 0.2) is 6.33 Å². The molecule has 1 saturated heterocycles. The Morgan fingerprint density at radius 3 is 3.11 bits per heavy atom. The number of hydrogen-bond donors (Lipinski definition) is 3. The van der Waals surface area contributed by atoms with Crippen LogP contribution >= 0.6 is 0 Å². The third kappa shape index (κ3) is 2.33. The normalized spacial score (nSPS) is 24.7. The Balaban J connectivity index is 1.86. The SMILES string of the molecule is CC1CN(C)CCC1Nc1nc(N)nc2nc[nH]c12. The van der Waals surface area contributed by atoms with Crippen LogP contribution in [0.2, 0.25) is 0 Å². The zero-order valence-electron chi connectivity index (χ0n) is 11.2. The van der Waals surface area contributed by atoms with Crippen molar-refractivity contribution in [2.45, 2.75) is 19.4 Å². The highest BCUT2D eigenvalue weighted by Gasteiger charge is 2.25. The Morgan fingerprint density at radius 1 is 1.47 bits per heavy atom. The number of nitrogens with one attached hydrogen (secondary N) is 2. The molecule has 0 radical (unpaired) electrons. The van der Waals surface area contributed by atoms with Crippen LogP contribution in [-0.4, -0.2) is 51.0 Å². The number of H-pyrrole nitrogens is 1. The number of fused-ring (bicyclic) bond motifs is 1. The summed E-state index contributed by atoms with van der Waals surface area (Å²) in [6.45, 7) is 4.43. The van der Waals surface area contributed by atoms with E-state index in [4.69, 9.17) is 5.73 Å². The van der Waals surface area contributed by atoms with Gasteiger partial charge in [-0.15, -0.1) is 0 Å². The Bertz CT molecular complexity index is 578. The molecule has 2 unspecified atom stereocenters. The molecule has 0 saturated carbocycles. The molecule has 0 amide bonds. The average Bonchev–Trinajstić information content (AvgIpc) is 2.80. The number of aromatic nitrogens is 4. The molecule has 19 heavy (non-hydrogen) atoms. The van der Waals surface area contributed by atoms with Gasteiger partial charge in [0.2, 0.25) is 5.95 Å². The summed E-state index contributed by atoms with van der Waals surface area (Å²) in [4.78, 5) is 17.9. The van der Waals surface area contributed by atoms with Crippen LogP contribution in [0.5, 0.6) is 0 Å². The van der Waals surface area contributed by atoms with Crippen LogP contribution in [0.25, 0.3) is 11.2 Å². The van der Waals surface area contributed by atoms with E-state index < -0.39 is 0 Å². The Labute approximate surface area is 111 Å². The fourth-order valence-corrected chi connectivity index (χ4v) is 2.70. The molecule has 0 aliphatic carbocycles. The van der Waals surface area contributed by atoms with Gasteiger partial charge in [0.05, 0.1) is 6.33 Å². The van der Waals surface area contributed by atoms with E-state index in [2.05, 4.69) is 44.1 Å². The molecule has 0 aromatic carbocycles. The quantitative estimate of drug-likeness (QED) is 0.736. The lowest BCUT2D eigenvalue weighted by atomic mass is 9.94. The monoisotopic (exact) mass is 261 g/mol. The molecule has 4 N–H and O–H groups in total. The van der Waals surface area contributed by atoms with Crippen molar-refractivity contribution in [3.8, 4) is 0 Å². The van der Waals surface area contributed by atoms with Crippen LogP contribution in [0.1, 0.15) is 13.3 Å². The van der Waals surface area contributed by atoms with Gasteiger partial charge >= 0.3 is 0 Å². The van der Waals surface area contributed by atoms with Gasteiger partial charge in [-0.25, -0.2) is 4.98 Å². The molecule has 1 aliphatic rings. The van der Waals surface area contributed by atoms with Crippen molar-refractivity contribution in [2.24, 2.45) is 5.92 Å². The predicted molar refractivity (Wildman–Crippen MR) is 74.8 cm³/mol. The molecule has 1 fully saturated rings. The van der Waals surface area contributed by atoms with E-state index >= 15 is 0 Å². The number of aromatic amines is 1. The lowest BCUT2D eigenvalue weighted by Crippen LogP contribution is -2.43. The van der Waals surface area contributed by atoms with Gasteiger partial charge in [-0.1, -0.05) is 6.92 Å². The number of rotatable bonds is 2. The standard InChI is InChI=1S/C12H19N7/c1-7-5-19(2)4-3-8(7)16-11-9-10(15-6-14-9)17-12(13)18-11/h6-8H,3-5H2,1-2H3,(H4,13,14,15,16,17,18). The van der Waals surface area contributed by atoms with Gasteiger partial charge in [-0.3, -0.25) is 0 Å². The maximum absolute atomic E-state index is 5.72. The van der Waals surface area contributed by atoms with Crippen LogP contribution in [0, 0.1) is 5.92 Å². The first-order valence-corrected chi connectivity index (χ1v) is 6.55. The van der Waals surface area contributed by atoms with E-state index in [1.54, 1.807) is 6.33 Å². The second kappa shape index (κ2) is 4.65. The lowest BCUT2D eigenvalue weighted by molar-refractivity contribution is 0.206. The maximum Gasteiger partial charge on any atom is 0.224 e. The first kappa shape index (κ1) is 12.2. The number of anilines is 2. The highest BCUT2D eigenvalue weighted by Crippen LogP contribution is 2.23. The van der Waals surface area contributed by atoms with E-state index in [1.807, 2.05) is 0 Å². The van der Waals surface area contributed by atoms with Gasteiger partial charge in [0.25, 0.3) is 0 Å². The second-order valence-corrected chi connectivity index (χ2v) is 5.31. The number of nitrogens with two attached hydrogens (primary N) is 1. The first-order chi connectivity index (χ1) is 9.13. The van der Waals surface area contributed by atoms with Crippen molar-refractivity contribution in [1.29, 1.82) is 0 Å². The zero-order valence-corrected chi connectivity index (χ0v) is 11.2. The van der Waals surface area contributed by atoms with E-state index in [0.29, 0.717) is 17.6 Å². The number of nitrogen functional groups attached to an aromatic ring is 1. The molecule has 2 aromatic rings. The fraction of sp³-hybridized carbons (Fsp3) is 0.583. The van der Waals surface area contributed by atoms with Crippen molar-refractivity contribution in [3.63, 3.8) is 0 Å². The van der Waals surface area contributed by atoms with Gasteiger partial charge in [0.15, 0.2) is 11.5 Å². The minimum Gasteiger partial charge on any atom is -0.368 e. The summed E-state index contributed by atoms with van der Waals surface area (Å²) in [6, 6.07) is 0.400. The summed E-state index contributed by atoms with van der Waals surface area (Å²) in [5.74, 6) is 1.57. The summed E-state index contributed by atoms with van der Waals surface area (Å²) in [5.41, 5.74) is 7.15. The molecule has 3 heterocycles. The molecule has 1 aliphatic heterocycles. The number of hydrogen-bond acceptors (Lipinski definition) is 6. The van der Waals surface area contributed by atoms with E-state index in [1.165, 1.54) is 0 Å². The summed E-state index contributed by atoms with van der Waals surface area (Å²) in [6.07, 6.45) is 2.71. The zero-order chi connectivity index (χ0) is 13.4. The van der Waals surface area contributed by atoms with Crippen LogP contribution in [0.4, 0.5) is 11.8 Å². The average molecular weight is 261 g/mol. The number of imidazole rings is 1. The van der Waals surface area contributed by atoms with Gasteiger partial charge in [0, 0.05) is 12.6 Å². The largest absolute Gasteiger partial charge is 0.368 e. The molecule has 7 heteroatoms. The van der Waals surface area contributed by atoms with Crippen molar-refractivity contribution in [3.05, 3.63) is 6.33 Å². The second-order valence-electron chi connectivity index (χ2n) is 5.31. The minimum absolute atomic E-state index is 0.252. The fourth-order valence-electron chi connectivity index (χ4n) is 2.70. The van der Waals surface area contributed by atoms with E-state index in [-0.39, 0.29) is 5.95 Å². The topological polar surface area (TPSA) is 95.8 Å². The predicted octanol–water partition coefficient (Wildman–Crippen LogP) is 0.687. The highest BCUT2D eigenvalue weighted by molar-refractivity contribution is 5.83. The van der Waals surface area contributed by atoms with E-state index in [9.17, 15) is 0 Å². The molecule has 102 valence electrons. The molecular formula is C12H19N7. The molecule has 2 aromatic heterocycles. The van der Waals surface area contributed by atoms with Crippen LogP contribution in [-0.2, 0) is 0 Å². The number of piperidine rings is 1. The number of likely N-dealkylation sites (tertiary alicyclic amines) is 1. The molecule has 0 bridgehead atoms.